The minimum Gasteiger partial charge on any atom is -1.00 e. The van der Waals surface area contributed by atoms with Crippen molar-refractivity contribution < 1.29 is 90.4 Å². The molecule has 9 heteroatoms. The predicted octanol–water partition coefficient (Wildman–Crippen LogP) is -5.98. The van der Waals surface area contributed by atoms with Crippen molar-refractivity contribution >= 4 is 13.8 Å². The third-order valence-electron chi connectivity index (χ3n) is 0.589. The van der Waals surface area contributed by atoms with E-state index in [2.05, 4.69) is 15.8 Å². The Balaban J connectivity index is -0.0000000833. The van der Waals surface area contributed by atoms with Crippen molar-refractivity contribution in [3.8, 4) is 0 Å². The molecule has 6 nitrogen and oxygen atoms in total. The summed E-state index contributed by atoms with van der Waals surface area (Å²) < 4.78 is 17.8. The summed E-state index contributed by atoms with van der Waals surface area (Å²) in [5.41, 5.74) is 0. The van der Waals surface area contributed by atoms with Gasteiger partial charge in [-0.3, -0.25) is 0 Å². The van der Waals surface area contributed by atoms with E-state index in [1.807, 2.05) is 0 Å². The van der Waals surface area contributed by atoms with Gasteiger partial charge in [0.2, 0.25) is 6.79 Å². The van der Waals surface area contributed by atoms with Crippen LogP contribution in [0.15, 0.2) is 12.7 Å². The van der Waals surface area contributed by atoms with Crippen LogP contribution in [0.25, 0.3) is 0 Å². The van der Waals surface area contributed by atoms with E-state index in [9.17, 15) is 9.36 Å². The third kappa shape index (κ3) is 16.0. The molecule has 0 aromatic heterocycles. The summed E-state index contributed by atoms with van der Waals surface area (Å²) in [5.74, 6) is -0.807. The maximum absolute atomic E-state index is 10.2. The van der Waals surface area contributed by atoms with Crippen molar-refractivity contribution in [1.82, 2.24) is 0 Å². The molecule has 0 bridgehead atoms. The molecule has 0 rings (SSSR count). The fourth-order valence-electron chi connectivity index (χ4n) is 0.212. The molecule has 0 spiro atoms. The molecule has 13 heavy (non-hydrogen) atoms. The Labute approximate surface area is 122 Å². The van der Waals surface area contributed by atoms with E-state index in [0.29, 0.717) is 0 Å². The van der Waals surface area contributed by atoms with Gasteiger partial charge in [0.05, 0.1) is 0 Å². The zero-order chi connectivity index (χ0) is 8.91. The van der Waals surface area contributed by atoms with Gasteiger partial charge in [0, 0.05) is 6.08 Å². The Kier molecular flexibility index (Phi) is 15.0. The second-order valence-electron chi connectivity index (χ2n) is 1.41. The first kappa shape index (κ1) is 19.8. The van der Waals surface area contributed by atoms with E-state index >= 15 is 0 Å². The molecule has 68 valence electrons. The summed E-state index contributed by atoms with van der Waals surface area (Å²) >= 11 is 0. The molecule has 0 saturated heterocycles. The number of hydrogen-bond acceptors (Lipinski definition) is 4. The first-order chi connectivity index (χ1) is 4.95. The van der Waals surface area contributed by atoms with Crippen molar-refractivity contribution in [3.63, 3.8) is 0 Å². The van der Waals surface area contributed by atoms with Gasteiger partial charge in [-0.05, 0) is 0 Å². The van der Waals surface area contributed by atoms with Crippen molar-refractivity contribution in [2.75, 3.05) is 6.79 Å². The van der Waals surface area contributed by atoms with E-state index < -0.39 is 20.6 Å². The van der Waals surface area contributed by atoms with Crippen molar-refractivity contribution in [1.29, 1.82) is 0 Å². The number of hydrogen-bond donors (Lipinski definition) is 2. The Morgan fingerprint density at radius 2 is 2.00 bits per heavy atom. The zero-order valence-electron chi connectivity index (χ0n) is 9.47. The van der Waals surface area contributed by atoms with E-state index in [4.69, 9.17) is 9.79 Å². The van der Waals surface area contributed by atoms with Gasteiger partial charge in [-0.1, -0.05) is 6.58 Å². The standard InChI is InChI=1S/C4H7O6P.2Na.2H/c1-2-4(5)9-3-10-11(6,7)8;;;;/h2H,1,3H2,(H2,6,7,8);;;;/q;2*+1;2*-1. The fourth-order valence-corrected chi connectivity index (χ4v) is 0.402. The molecule has 0 unspecified atom stereocenters. The summed E-state index contributed by atoms with van der Waals surface area (Å²) in [6.07, 6.45) is 0.850. The third-order valence-corrected chi connectivity index (χ3v) is 1.03. The van der Waals surface area contributed by atoms with Gasteiger partial charge in [0.1, 0.15) is 0 Å². The predicted molar refractivity (Wildman–Crippen MR) is 36.5 cm³/mol. The molecule has 0 aromatic carbocycles. The number of rotatable bonds is 4. The van der Waals surface area contributed by atoms with Crippen LogP contribution in [0.3, 0.4) is 0 Å². The molecule has 0 aromatic rings. The smallest absolute Gasteiger partial charge is 1.00 e. The van der Waals surface area contributed by atoms with E-state index in [-0.39, 0.29) is 62.0 Å². The van der Waals surface area contributed by atoms with Crippen LogP contribution in [0.4, 0.5) is 0 Å². The molecule has 0 fully saturated rings. The topological polar surface area (TPSA) is 93.1 Å². The normalized spacial score (nSPS) is 9.08. The molecule has 0 saturated carbocycles. The van der Waals surface area contributed by atoms with Gasteiger partial charge in [-0.2, -0.15) is 0 Å². The first-order valence-electron chi connectivity index (χ1n) is 2.45. The van der Waals surface area contributed by atoms with Gasteiger partial charge in [-0.25, -0.2) is 13.9 Å². The molecule has 2 N–H and O–H groups in total. The molecular formula is C4H9Na2O6P. The number of carbonyl (C=O) groups is 1. The SMILES string of the molecule is C=CC(=O)OCOP(=O)(O)O.[H-].[H-].[Na+].[Na+]. The Hall–Kier alpha value is 1.32. The second kappa shape index (κ2) is 9.86. The van der Waals surface area contributed by atoms with Crippen LogP contribution in [0.5, 0.6) is 0 Å². The van der Waals surface area contributed by atoms with E-state index in [1.54, 1.807) is 0 Å². The van der Waals surface area contributed by atoms with Gasteiger partial charge in [0.15, 0.2) is 0 Å². The van der Waals surface area contributed by atoms with Crippen LogP contribution in [0.2, 0.25) is 0 Å². The van der Waals surface area contributed by atoms with Crippen LogP contribution < -0.4 is 59.1 Å². The Bertz CT molecular complexity index is 209. The van der Waals surface area contributed by atoms with Crippen molar-refractivity contribution in [2.45, 2.75) is 0 Å². The van der Waals surface area contributed by atoms with Crippen molar-refractivity contribution in [3.05, 3.63) is 12.7 Å². The van der Waals surface area contributed by atoms with Gasteiger partial charge in [0.25, 0.3) is 0 Å². The molecule has 0 aliphatic rings. The maximum atomic E-state index is 10.2. The summed E-state index contributed by atoms with van der Waals surface area (Å²) in [6, 6.07) is 0. The van der Waals surface area contributed by atoms with Gasteiger partial charge < -0.3 is 17.4 Å². The maximum Gasteiger partial charge on any atom is 1.00 e. The average Bonchev–Trinajstić information content (AvgIpc) is 1.85. The molecule has 0 amide bonds. The molecule has 0 heterocycles. The molecular weight excluding hydrogens is 221 g/mol. The van der Waals surface area contributed by atoms with Gasteiger partial charge in [-0.15, -0.1) is 0 Å². The quantitative estimate of drug-likeness (QED) is 0.164. The number of phosphoric acid groups is 1. The molecule has 0 atom stereocenters. The number of phosphoric ester groups is 1. The van der Waals surface area contributed by atoms with Gasteiger partial charge >= 0.3 is 72.9 Å². The average molecular weight is 230 g/mol. The minimum atomic E-state index is -4.54. The van der Waals surface area contributed by atoms with E-state index in [1.165, 1.54) is 0 Å². The monoisotopic (exact) mass is 230 g/mol. The number of carbonyl (C=O) groups excluding carboxylic acids is 1. The number of ether oxygens (including phenoxy) is 1. The summed E-state index contributed by atoms with van der Waals surface area (Å²) in [5, 5.41) is 0. The molecule has 0 radical (unpaired) electrons. The zero-order valence-corrected chi connectivity index (χ0v) is 12.4. The van der Waals surface area contributed by atoms with Crippen LogP contribution in [-0.2, 0) is 18.6 Å². The molecule has 0 aliphatic heterocycles. The Morgan fingerprint density at radius 1 is 1.54 bits per heavy atom. The summed E-state index contributed by atoms with van der Waals surface area (Å²) in [6.45, 7) is 2.27. The molecule has 0 aliphatic carbocycles. The van der Waals surface area contributed by atoms with Crippen LogP contribution >= 0.6 is 7.82 Å². The second-order valence-corrected chi connectivity index (χ2v) is 2.64. The first-order valence-corrected chi connectivity index (χ1v) is 3.98. The number of esters is 1. The minimum absolute atomic E-state index is 0. The summed E-state index contributed by atoms with van der Waals surface area (Å²) in [7, 11) is -4.54. The van der Waals surface area contributed by atoms with Crippen LogP contribution in [0.1, 0.15) is 2.85 Å². The summed E-state index contributed by atoms with van der Waals surface area (Å²) in [4.78, 5) is 26.4. The Morgan fingerprint density at radius 3 is 2.31 bits per heavy atom. The largest absolute Gasteiger partial charge is 1.00 e. The van der Waals surface area contributed by atoms with Crippen molar-refractivity contribution in [2.24, 2.45) is 0 Å². The van der Waals surface area contributed by atoms with E-state index in [0.717, 1.165) is 6.08 Å². The fraction of sp³-hybridized carbons (Fsp3) is 0.250. The van der Waals surface area contributed by atoms with Crippen LogP contribution in [-0.4, -0.2) is 22.5 Å². The van der Waals surface area contributed by atoms with Crippen LogP contribution in [0, 0.1) is 0 Å².